The number of rotatable bonds is 5. The summed E-state index contributed by atoms with van der Waals surface area (Å²) < 4.78 is 16.6. The topological polar surface area (TPSA) is 89.1 Å². The molecule has 0 unspecified atom stereocenters. The molecule has 0 fully saturated rings. The van der Waals surface area contributed by atoms with E-state index < -0.39 is 16.9 Å². The van der Waals surface area contributed by atoms with Gasteiger partial charge in [0.2, 0.25) is 5.75 Å². The van der Waals surface area contributed by atoms with Crippen molar-refractivity contribution in [3.63, 3.8) is 0 Å². The molecule has 0 aliphatic rings. The summed E-state index contributed by atoms with van der Waals surface area (Å²) in [5.74, 6) is 0.00926. The summed E-state index contributed by atoms with van der Waals surface area (Å²) in [6.45, 7) is 0.144. The molecule has 4 aromatic rings. The fourth-order valence-electron chi connectivity index (χ4n) is 3.01. The third-order valence-corrected chi connectivity index (χ3v) is 4.54. The van der Waals surface area contributed by atoms with Crippen LogP contribution in [0.3, 0.4) is 0 Å². The molecule has 3 aromatic carbocycles. The van der Waals surface area contributed by atoms with Crippen molar-refractivity contribution in [1.82, 2.24) is 0 Å². The molecular formula is C23H18O6. The first-order valence-electron chi connectivity index (χ1n) is 8.91. The number of benzene rings is 3. The Labute approximate surface area is 166 Å². The second-order valence-electron chi connectivity index (χ2n) is 6.42. The molecule has 146 valence electrons. The zero-order valence-electron chi connectivity index (χ0n) is 15.6. The van der Waals surface area contributed by atoms with E-state index in [1.54, 1.807) is 19.2 Å². The van der Waals surface area contributed by atoms with E-state index in [4.69, 9.17) is 13.9 Å². The Morgan fingerprint density at radius 3 is 2.34 bits per heavy atom. The van der Waals surface area contributed by atoms with E-state index in [-0.39, 0.29) is 23.3 Å². The van der Waals surface area contributed by atoms with Crippen molar-refractivity contribution in [2.75, 3.05) is 7.11 Å². The van der Waals surface area contributed by atoms with Gasteiger partial charge in [-0.25, -0.2) is 0 Å². The number of phenols is 2. The van der Waals surface area contributed by atoms with Gasteiger partial charge in [0.05, 0.1) is 7.11 Å². The minimum absolute atomic E-state index is 0.0131. The van der Waals surface area contributed by atoms with E-state index in [9.17, 15) is 15.0 Å². The van der Waals surface area contributed by atoms with Gasteiger partial charge in [-0.05, 0) is 17.7 Å². The van der Waals surface area contributed by atoms with Crippen LogP contribution in [0.25, 0.3) is 22.3 Å². The molecule has 2 N–H and O–H groups in total. The summed E-state index contributed by atoms with van der Waals surface area (Å²) in [6, 6.07) is 19.1. The lowest BCUT2D eigenvalue weighted by Crippen LogP contribution is -2.02. The Hall–Kier alpha value is -3.93. The fourth-order valence-corrected chi connectivity index (χ4v) is 3.01. The van der Waals surface area contributed by atoms with Crippen molar-refractivity contribution in [3.8, 4) is 34.3 Å². The lowest BCUT2D eigenvalue weighted by Gasteiger charge is -2.12. The molecule has 0 saturated heterocycles. The highest BCUT2D eigenvalue weighted by Crippen LogP contribution is 2.41. The first-order valence-corrected chi connectivity index (χ1v) is 8.91. The van der Waals surface area contributed by atoms with E-state index in [1.807, 2.05) is 42.5 Å². The number of methoxy groups -OCH3 is 1. The van der Waals surface area contributed by atoms with Crippen molar-refractivity contribution >= 4 is 11.0 Å². The molecule has 6 heteroatoms. The highest BCUT2D eigenvalue weighted by molar-refractivity contribution is 5.89. The average Bonchev–Trinajstić information content (AvgIpc) is 2.75. The first-order chi connectivity index (χ1) is 14.1. The molecule has 0 saturated carbocycles. The Kier molecular flexibility index (Phi) is 4.83. The fraction of sp³-hybridized carbons (Fsp3) is 0.0870. The van der Waals surface area contributed by atoms with E-state index in [1.165, 1.54) is 12.1 Å². The average molecular weight is 390 g/mol. The molecule has 1 aromatic heterocycles. The highest BCUT2D eigenvalue weighted by atomic mass is 16.5. The standard InChI is InChI=1S/C23H18O6/c1-27-16-9-7-14(8-10-16)13-28-20-12-19-21(23(26)22(20)25)17(24)11-18(29-19)15-5-3-2-4-6-15/h2-12,25-26H,13H2,1H3. The second kappa shape index (κ2) is 7.59. The molecule has 0 atom stereocenters. The Balaban J connectivity index is 1.72. The Morgan fingerprint density at radius 1 is 0.931 bits per heavy atom. The molecule has 4 rings (SSSR count). The number of aromatic hydroxyl groups is 2. The van der Waals surface area contributed by atoms with Crippen molar-refractivity contribution in [1.29, 1.82) is 0 Å². The normalized spacial score (nSPS) is 10.8. The second-order valence-corrected chi connectivity index (χ2v) is 6.42. The van der Waals surface area contributed by atoms with Crippen molar-refractivity contribution < 1.29 is 24.1 Å². The van der Waals surface area contributed by atoms with E-state index in [2.05, 4.69) is 0 Å². The van der Waals surface area contributed by atoms with Crippen LogP contribution < -0.4 is 14.9 Å². The number of fused-ring (bicyclic) bond motifs is 1. The molecule has 29 heavy (non-hydrogen) atoms. The van der Waals surface area contributed by atoms with Crippen LogP contribution in [-0.4, -0.2) is 17.3 Å². The van der Waals surface area contributed by atoms with Crippen LogP contribution in [0.2, 0.25) is 0 Å². The summed E-state index contributed by atoms with van der Waals surface area (Å²) in [6.07, 6.45) is 0. The monoisotopic (exact) mass is 390 g/mol. The van der Waals surface area contributed by atoms with Gasteiger partial charge in [-0.1, -0.05) is 42.5 Å². The van der Waals surface area contributed by atoms with Crippen LogP contribution in [-0.2, 0) is 6.61 Å². The highest BCUT2D eigenvalue weighted by Gasteiger charge is 2.18. The number of hydrogen-bond donors (Lipinski definition) is 2. The van der Waals surface area contributed by atoms with Crippen LogP contribution in [0.1, 0.15) is 5.56 Å². The molecule has 0 amide bonds. The lowest BCUT2D eigenvalue weighted by atomic mass is 10.1. The third kappa shape index (κ3) is 3.60. The molecule has 0 bridgehead atoms. The Morgan fingerprint density at radius 2 is 1.66 bits per heavy atom. The van der Waals surface area contributed by atoms with Crippen molar-refractivity contribution in [3.05, 3.63) is 82.5 Å². The molecule has 0 aliphatic heterocycles. The predicted octanol–water partition coefficient (Wildman–Crippen LogP) is 4.46. The largest absolute Gasteiger partial charge is 0.504 e. The van der Waals surface area contributed by atoms with Gasteiger partial charge in [0.15, 0.2) is 16.9 Å². The van der Waals surface area contributed by atoms with Crippen LogP contribution in [0.5, 0.6) is 23.0 Å². The van der Waals surface area contributed by atoms with Crippen LogP contribution >= 0.6 is 0 Å². The van der Waals surface area contributed by atoms with Gasteiger partial charge in [0.1, 0.15) is 29.1 Å². The number of hydrogen-bond acceptors (Lipinski definition) is 6. The van der Waals surface area contributed by atoms with Gasteiger partial charge < -0.3 is 24.1 Å². The quantitative estimate of drug-likeness (QED) is 0.489. The van der Waals surface area contributed by atoms with Crippen LogP contribution in [0.4, 0.5) is 0 Å². The minimum atomic E-state index is -0.569. The molecule has 0 aliphatic carbocycles. The smallest absolute Gasteiger partial charge is 0.201 e. The van der Waals surface area contributed by atoms with Crippen LogP contribution in [0.15, 0.2) is 75.9 Å². The van der Waals surface area contributed by atoms with Gasteiger partial charge in [0.25, 0.3) is 0 Å². The number of ether oxygens (including phenoxy) is 2. The van der Waals surface area contributed by atoms with E-state index >= 15 is 0 Å². The summed E-state index contributed by atoms with van der Waals surface area (Å²) in [4.78, 5) is 12.5. The van der Waals surface area contributed by atoms with Gasteiger partial charge in [-0.15, -0.1) is 0 Å². The summed E-state index contributed by atoms with van der Waals surface area (Å²) >= 11 is 0. The molecular weight excluding hydrogens is 372 g/mol. The summed E-state index contributed by atoms with van der Waals surface area (Å²) in [5, 5.41) is 20.5. The van der Waals surface area contributed by atoms with Gasteiger partial charge >= 0.3 is 0 Å². The lowest BCUT2D eigenvalue weighted by molar-refractivity contribution is 0.283. The van der Waals surface area contributed by atoms with Gasteiger partial charge in [-0.3, -0.25) is 4.79 Å². The third-order valence-electron chi connectivity index (χ3n) is 4.54. The molecule has 1 heterocycles. The van der Waals surface area contributed by atoms with Gasteiger partial charge in [0, 0.05) is 17.7 Å². The summed E-state index contributed by atoms with van der Waals surface area (Å²) in [5.41, 5.74) is 1.22. The molecule has 0 spiro atoms. The Bertz CT molecular complexity index is 1210. The van der Waals surface area contributed by atoms with Crippen molar-refractivity contribution in [2.45, 2.75) is 6.61 Å². The van der Waals surface area contributed by atoms with Crippen molar-refractivity contribution in [2.24, 2.45) is 0 Å². The van der Waals surface area contributed by atoms with E-state index in [0.717, 1.165) is 16.9 Å². The maximum Gasteiger partial charge on any atom is 0.201 e. The zero-order valence-corrected chi connectivity index (χ0v) is 15.6. The maximum absolute atomic E-state index is 12.5. The zero-order chi connectivity index (χ0) is 20.4. The number of phenolic OH excluding ortho intramolecular Hbond substituents is 2. The SMILES string of the molecule is COc1ccc(COc2cc3oc(-c4ccccc4)cc(=O)c3c(O)c2O)cc1. The van der Waals surface area contributed by atoms with Crippen LogP contribution in [0, 0.1) is 0 Å². The molecule has 0 radical (unpaired) electrons. The summed E-state index contributed by atoms with van der Waals surface area (Å²) in [7, 11) is 1.58. The predicted molar refractivity (Wildman–Crippen MR) is 109 cm³/mol. The minimum Gasteiger partial charge on any atom is -0.504 e. The maximum atomic E-state index is 12.5. The van der Waals surface area contributed by atoms with E-state index in [0.29, 0.717) is 5.76 Å². The first kappa shape index (κ1) is 18.4. The van der Waals surface area contributed by atoms with Gasteiger partial charge in [-0.2, -0.15) is 0 Å². The molecule has 6 nitrogen and oxygen atoms in total.